The number of ether oxygens (including phenoxy) is 1. The lowest BCUT2D eigenvalue weighted by atomic mass is 10.2. The Morgan fingerprint density at radius 3 is 2.45 bits per heavy atom. The van der Waals surface area contributed by atoms with Gasteiger partial charge in [0, 0.05) is 18.7 Å². The van der Waals surface area contributed by atoms with Crippen LogP contribution in [0.5, 0.6) is 0 Å². The molecule has 110 valence electrons. The molecule has 6 heteroatoms. The van der Waals surface area contributed by atoms with Crippen LogP contribution in [0.2, 0.25) is 0 Å². The zero-order valence-electron chi connectivity index (χ0n) is 11.5. The van der Waals surface area contributed by atoms with Gasteiger partial charge in [-0.3, -0.25) is 9.59 Å². The fourth-order valence-electron chi connectivity index (χ4n) is 1.67. The third-order valence-corrected chi connectivity index (χ3v) is 2.73. The van der Waals surface area contributed by atoms with Gasteiger partial charge < -0.3 is 9.64 Å². The van der Waals surface area contributed by atoms with E-state index >= 15 is 0 Å². The third-order valence-electron chi connectivity index (χ3n) is 2.73. The number of amides is 1. The number of benzene rings is 1. The first-order chi connectivity index (χ1) is 9.49. The second-order valence-corrected chi connectivity index (χ2v) is 4.07. The lowest BCUT2D eigenvalue weighted by Crippen LogP contribution is -2.33. The standard InChI is InChI=1S/C14H17F2NO3/c1-3-17(8-7-13(18)20-4-2)14(19)10-5-6-11(15)12(16)9-10/h5-6,9H,3-4,7-8H2,1-2H3. The molecule has 0 heterocycles. The summed E-state index contributed by atoms with van der Waals surface area (Å²) in [6, 6.07) is 2.97. The van der Waals surface area contributed by atoms with E-state index in [0.29, 0.717) is 6.54 Å². The molecule has 20 heavy (non-hydrogen) atoms. The molecule has 0 atom stereocenters. The first-order valence-corrected chi connectivity index (χ1v) is 6.39. The average molecular weight is 285 g/mol. The van der Waals surface area contributed by atoms with E-state index in [2.05, 4.69) is 0 Å². The van der Waals surface area contributed by atoms with Crippen LogP contribution in [-0.4, -0.2) is 36.5 Å². The molecule has 1 aromatic rings. The molecular weight excluding hydrogens is 268 g/mol. The molecule has 1 aromatic carbocycles. The Balaban J connectivity index is 2.71. The fourth-order valence-corrected chi connectivity index (χ4v) is 1.67. The van der Waals surface area contributed by atoms with Crippen LogP contribution >= 0.6 is 0 Å². The van der Waals surface area contributed by atoms with E-state index in [4.69, 9.17) is 4.74 Å². The van der Waals surface area contributed by atoms with Crippen LogP contribution in [-0.2, 0) is 9.53 Å². The first-order valence-electron chi connectivity index (χ1n) is 6.39. The van der Waals surface area contributed by atoms with E-state index in [1.54, 1.807) is 13.8 Å². The number of esters is 1. The number of halogens is 2. The van der Waals surface area contributed by atoms with Crippen LogP contribution in [0.15, 0.2) is 18.2 Å². The molecule has 0 aliphatic heterocycles. The van der Waals surface area contributed by atoms with Crippen molar-refractivity contribution in [3.8, 4) is 0 Å². The van der Waals surface area contributed by atoms with Gasteiger partial charge in [0.1, 0.15) is 0 Å². The van der Waals surface area contributed by atoms with Crippen molar-refractivity contribution in [2.75, 3.05) is 19.7 Å². The van der Waals surface area contributed by atoms with Gasteiger partial charge in [-0.15, -0.1) is 0 Å². The number of carbonyl (C=O) groups excluding carboxylic acids is 2. The highest BCUT2D eigenvalue weighted by Gasteiger charge is 2.17. The first kappa shape index (κ1) is 16.1. The Hall–Kier alpha value is -1.98. The number of nitrogens with zero attached hydrogens (tertiary/aromatic N) is 1. The Kier molecular flexibility index (Phi) is 6.09. The highest BCUT2D eigenvalue weighted by atomic mass is 19.2. The molecule has 0 bridgehead atoms. The van der Waals surface area contributed by atoms with Crippen LogP contribution in [0.3, 0.4) is 0 Å². The van der Waals surface area contributed by atoms with Gasteiger partial charge >= 0.3 is 5.97 Å². The average Bonchev–Trinajstić information content (AvgIpc) is 2.42. The molecule has 0 fully saturated rings. The topological polar surface area (TPSA) is 46.6 Å². The second kappa shape index (κ2) is 7.57. The maximum atomic E-state index is 13.1. The van der Waals surface area contributed by atoms with E-state index in [1.807, 2.05) is 0 Å². The Bertz CT molecular complexity index is 491. The maximum absolute atomic E-state index is 13.1. The van der Waals surface area contributed by atoms with Crippen molar-refractivity contribution in [1.29, 1.82) is 0 Å². The number of carbonyl (C=O) groups is 2. The smallest absolute Gasteiger partial charge is 0.307 e. The molecule has 0 aliphatic rings. The predicted octanol–water partition coefficient (Wildman–Crippen LogP) is 2.38. The van der Waals surface area contributed by atoms with E-state index in [9.17, 15) is 18.4 Å². The number of hydrogen-bond donors (Lipinski definition) is 0. The van der Waals surface area contributed by atoms with E-state index in [1.165, 1.54) is 11.0 Å². The highest BCUT2D eigenvalue weighted by Crippen LogP contribution is 2.11. The lowest BCUT2D eigenvalue weighted by molar-refractivity contribution is -0.143. The van der Waals surface area contributed by atoms with Gasteiger partial charge in [0.25, 0.3) is 5.91 Å². The molecule has 1 rings (SSSR count). The summed E-state index contributed by atoms with van der Waals surface area (Å²) in [5, 5.41) is 0. The minimum Gasteiger partial charge on any atom is -0.466 e. The molecule has 0 N–H and O–H groups in total. The predicted molar refractivity (Wildman–Crippen MR) is 69.2 cm³/mol. The molecular formula is C14H17F2NO3. The Labute approximate surface area is 116 Å². The summed E-state index contributed by atoms with van der Waals surface area (Å²) in [4.78, 5) is 24.7. The van der Waals surface area contributed by atoms with Gasteiger partial charge in [0.05, 0.1) is 13.0 Å². The molecule has 0 unspecified atom stereocenters. The van der Waals surface area contributed by atoms with E-state index in [-0.39, 0.29) is 25.1 Å². The zero-order chi connectivity index (χ0) is 15.1. The number of rotatable bonds is 6. The summed E-state index contributed by atoms with van der Waals surface area (Å²) in [7, 11) is 0. The van der Waals surface area contributed by atoms with Crippen LogP contribution in [0.4, 0.5) is 8.78 Å². The maximum Gasteiger partial charge on any atom is 0.307 e. The van der Waals surface area contributed by atoms with Crippen molar-refractivity contribution in [1.82, 2.24) is 4.90 Å². The summed E-state index contributed by atoms with van der Waals surface area (Å²) < 4.78 is 30.7. The van der Waals surface area contributed by atoms with Crippen molar-refractivity contribution < 1.29 is 23.1 Å². The quantitative estimate of drug-likeness (QED) is 0.754. The molecule has 0 aromatic heterocycles. The monoisotopic (exact) mass is 285 g/mol. The Morgan fingerprint density at radius 1 is 1.20 bits per heavy atom. The fraction of sp³-hybridized carbons (Fsp3) is 0.429. The molecule has 0 radical (unpaired) electrons. The van der Waals surface area contributed by atoms with Gasteiger partial charge in [-0.05, 0) is 32.0 Å². The van der Waals surface area contributed by atoms with E-state index < -0.39 is 23.5 Å². The van der Waals surface area contributed by atoms with Crippen molar-refractivity contribution >= 4 is 11.9 Å². The van der Waals surface area contributed by atoms with Gasteiger partial charge in [-0.2, -0.15) is 0 Å². The van der Waals surface area contributed by atoms with Crippen molar-refractivity contribution in [3.63, 3.8) is 0 Å². The molecule has 4 nitrogen and oxygen atoms in total. The molecule has 0 aliphatic carbocycles. The van der Waals surface area contributed by atoms with Crippen molar-refractivity contribution in [2.24, 2.45) is 0 Å². The number of hydrogen-bond acceptors (Lipinski definition) is 3. The minimum atomic E-state index is -1.07. The molecule has 0 saturated heterocycles. The summed E-state index contributed by atoms with van der Waals surface area (Å²) in [6.07, 6.45) is 0.0666. The van der Waals surface area contributed by atoms with Gasteiger partial charge in [0.15, 0.2) is 11.6 Å². The van der Waals surface area contributed by atoms with Gasteiger partial charge in [-0.1, -0.05) is 0 Å². The largest absolute Gasteiger partial charge is 0.466 e. The van der Waals surface area contributed by atoms with Crippen molar-refractivity contribution in [2.45, 2.75) is 20.3 Å². The molecule has 1 amide bonds. The SMILES string of the molecule is CCOC(=O)CCN(CC)C(=O)c1ccc(F)c(F)c1. The van der Waals surface area contributed by atoms with Crippen LogP contribution < -0.4 is 0 Å². The summed E-state index contributed by atoms with van der Waals surface area (Å²) in [6.45, 7) is 4.25. The van der Waals surface area contributed by atoms with Gasteiger partial charge in [0.2, 0.25) is 0 Å². The van der Waals surface area contributed by atoms with Crippen molar-refractivity contribution in [3.05, 3.63) is 35.4 Å². The van der Waals surface area contributed by atoms with Gasteiger partial charge in [-0.25, -0.2) is 8.78 Å². The van der Waals surface area contributed by atoms with Crippen LogP contribution in [0.1, 0.15) is 30.6 Å². The summed E-state index contributed by atoms with van der Waals surface area (Å²) in [5.74, 6) is -2.92. The van der Waals surface area contributed by atoms with Crippen LogP contribution in [0, 0.1) is 11.6 Å². The lowest BCUT2D eigenvalue weighted by Gasteiger charge is -2.20. The summed E-state index contributed by atoms with van der Waals surface area (Å²) >= 11 is 0. The summed E-state index contributed by atoms with van der Waals surface area (Å²) in [5.41, 5.74) is 0.0506. The molecule has 0 saturated carbocycles. The van der Waals surface area contributed by atoms with E-state index in [0.717, 1.165) is 12.1 Å². The highest BCUT2D eigenvalue weighted by molar-refractivity contribution is 5.94. The normalized spacial score (nSPS) is 10.2. The second-order valence-electron chi connectivity index (χ2n) is 4.07. The third kappa shape index (κ3) is 4.29. The van der Waals surface area contributed by atoms with Crippen LogP contribution in [0.25, 0.3) is 0 Å². The Morgan fingerprint density at radius 2 is 1.90 bits per heavy atom. The zero-order valence-corrected chi connectivity index (χ0v) is 11.5. The molecule has 0 spiro atoms. The minimum absolute atomic E-state index is 0.0506.